The third-order valence-corrected chi connectivity index (χ3v) is 4.36. The average molecular weight is 334 g/mol. The molecule has 0 heterocycles. The monoisotopic (exact) mass is 334 g/mol. The van der Waals surface area contributed by atoms with Gasteiger partial charge in [-0.1, -0.05) is 18.2 Å². The van der Waals surface area contributed by atoms with Gasteiger partial charge < -0.3 is 0 Å². The molecule has 0 saturated heterocycles. The van der Waals surface area contributed by atoms with Crippen LogP contribution >= 0.6 is 0 Å². The summed E-state index contributed by atoms with van der Waals surface area (Å²) in [6.07, 6.45) is 0. The van der Waals surface area contributed by atoms with E-state index in [-0.39, 0.29) is 10.5 Å². The fraction of sp³-hybridized carbons (Fsp3) is 0.188. The van der Waals surface area contributed by atoms with E-state index >= 15 is 0 Å². The zero-order valence-electron chi connectivity index (χ0n) is 12.9. The molecule has 23 heavy (non-hydrogen) atoms. The minimum absolute atomic E-state index is 0.00292. The minimum Gasteiger partial charge on any atom is -0.280 e. The third kappa shape index (κ3) is 4.54. The summed E-state index contributed by atoms with van der Waals surface area (Å²) in [5, 5.41) is 0. The van der Waals surface area contributed by atoms with Crippen LogP contribution in [0.3, 0.4) is 0 Å². The highest BCUT2D eigenvalue weighted by molar-refractivity contribution is 7.92. The Balaban J connectivity index is 2.24. The largest absolute Gasteiger partial charge is 0.280 e. The standard InChI is InChI=1S/C16H18N2O4S/c1-3-22-17-16(19)13-7-5-9-15(11-13)23(20,21)18-14-8-4-6-12(2)10-14/h4-11,18H,3H2,1-2H3,(H,17,19). The summed E-state index contributed by atoms with van der Waals surface area (Å²) in [4.78, 5) is 16.7. The van der Waals surface area contributed by atoms with Gasteiger partial charge in [-0.05, 0) is 49.7 Å². The average Bonchev–Trinajstić information content (AvgIpc) is 2.52. The number of hydroxylamine groups is 1. The van der Waals surface area contributed by atoms with Gasteiger partial charge in [0.2, 0.25) is 0 Å². The van der Waals surface area contributed by atoms with E-state index < -0.39 is 15.9 Å². The van der Waals surface area contributed by atoms with E-state index in [2.05, 4.69) is 10.2 Å². The van der Waals surface area contributed by atoms with Gasteiger partial charge in [-0.15, -0.1) is 0 Å². The summed E-state index contributed by atoms with van der Waals surface area (Å²) in [6, 6.07) is 12.8. The summed E-state index contributed by atoms with van der Waals surface area (Å²) in [6.45, 7) is 3.92. The predicted octanol–water partition coefficient (Wildman–Crippen LogP) is 2.48. The number of rotatable bonds is 6. The van der Waals surface area contributed by atoms with Crippen molar-refractivity contribution in [3.63, 3.8) is 0 Å². The van der Waals surface area contributed by atoms with Crippen LogP contribution in [0.25, 0.3) is 0 Å². The van der Waals surface area contributed by atoms with Gasteiger partial charge in [0.15, 0.2) is 0 Å². The fourth-order valence-electron chi connectivity index (χ4n) is 1.92. The van der Waals surface area contributed by atoms with Crippen molar-refractivity contribution in [2.75, 3.05) is 11.3 Å². The first-order chi connectivity index (χ1) is 10.9. The number of amides is 1. The molecule has 0 aliphatic carbocycles. The first-order valence-corrected chi connectivity index (χ1v) is 8.52. The molecule has 0 aliphatic rings. The Morgan fingerprint density at radius 3 is 2.57 bits per heavy atom. The van der Waals surface area contributed by atoms with Crippen LogP contribution in [0.15, 0.2) is 53.4 Å². The normalized spacial score (nSPS) is 11.0. The van der Waals surface area contributed by atoms with Gasteiger partial charge in [0.25, 0.3) is 15.9 Å². The maximum atomic E-state index is 12.4. The molecule has 122 valence electrons. The smallest absolute Gasteiger partial charge is 0.274 e. The summed E-state index contributed by atoms with van der Waals surface area (Å²) >= 11 is 0. The van der Waals surface area contributed by atoms with Crippen LogP contribution in [-0.4, -0.2) is 20.9 Å². The van der Waals surface area contributed by atoms with Crippen molar-refractivity contribution < 1.29 is 18.0 Å². The Hall–Kier alpha value is -2.38. The van der Waals surface area contributed by atoms with Gasteiger partial charge in [0.05, 0.1) is 11.5 Å². The van der Waals surface area contributed by atoms with Crippen molar-refractivity contribution in [1.29, 1.82) is 0 Å². The van der Waals surface area contributed by atoms with Crippen LogP contribution in [-0.2, 0) is 14.9 Å². The number of hydrogen-bond donors (Lipinski definition) is 2. The summed E-state index contributed by atoms with van der Waals surface area (Å²) in [5.41, 5.74) is 3.84. The van der Waals surface area contributed by atoms with Crippen LogP contribution in [0.4, 0.5) is 5.69 Å². The molecule has 0 fully saturated rings. The fourth-order valence-corrected chi connectivity index (χ4v) is 3.02. The van der Waals surface area contributed by atoms with E-state index in [4.69, 9.17) is 4.84 Å². The zero-order chi connectivity index (χ0) is 16.9. The van der Waals surface area contributed by atoms with E-state index in [9.17, 15) is 13.2 Å². The maximum Gasteiger partial charge on any atom is 0.274 e. The molecule has 2 rings (SSSR count). The minimum atomic E-state index is -3.78. The molecule has 0 unspecified atom stereocenters. The predicted molar refractivity (Wildman–Crippen MR) is 87.5 cm³/mol. The molecule has 0 atom stereocenters. The SMILES string of the molecule is CCONC(=O)c1cccc(S(=O)(=O)Nc2cccc(C)c2)c1. The molecule has 2 aromatic carbocycles. The van der Waals surface area contributed by atoms with Crippen molar-refractivity contribution >= 4 is 21.6 Å². The lowest BCUT2D eigenvalue weighted by Crippen LogP contribution is -2.24. The molecule has 0 aromatic heterocycles. The molecule has 0 aliphatic heterocycles. The van der Waals surface area contributed by atoms with Gasteiger partial charge >= 0.3 is 0 Å². The molecule has 0 bridgehead atoms. The second kappa shape index (κ2) is 7.26. The van der Waals surface area contributed by atoms with Crippen molar-refractivity contribution in [1.82, 2.24) is 5.48 Å². The first-order valence-electron chi connectivity index (χ1n) is 7.04. The molecule has 0 saturated carbocycles. The molecular weight excluding hydrogens is 316 g/mol. The Kier molecular flexibility index (Phi) is 5.36. The Labute approximate surface area is 135 Å². The molecule has 6 nitrogen and oxygen atoms in total. The molecular formula is C16H18N2O4S. The summed E-state index contributed by atoms with van der Waals surface area (Å²) in [7, 11) is -3.78. The van der Waals surface area contributed by atoms with E-state index in [0.717, 1.165) is 5.56 Å². The second-order valence-corrected chi connectivity index (χ2v) is 6.55. The Bertz CT molecular complexity index is 803. The summed E-state index contributed by atoms with van der Waals surface area (Å²) < 4.78 is 27.3. The highest BCUT2D eigenvalue weighted by Crippen LogP contribution is 2.18. The first kappa shape index (κ1) is 17.0. The number of anilines is 1. The Morgan fingerprint density at radius 2 is 1.87 bits per heavy atom. The van der Waals surface area contributed by atoms with Gasteiger partial charge in [0.1, 0.15) is 0 Å². The van der Waals surface area contributed by atoms with Gasteiger partial charge in [-0.3, -0.25) is 14.4 Å². The Morgan fingerprint density at radius 1 is 1.13 bits per heavy atom. The maximum absolute atomic E-state index is 12.4. The third-order valence-electron chi connectivity index (χ3n) is 2.99. The number of aryl methyl sites for hydroxylation is 1. The number of carbonyl (C=O) groups is 1. The summed E-state index contributed by atoms with van der Waals surface area (Å²) in [5.74, 6) is -0.501. The molecule has 0 radical (unpaired) electrons. The van der Waals surface area contributed by atoms with Crippen molar-refractivity contribution in [2.45, 2.75) is 18.7 Å². The molecule has 0 spiro atoms. The highest BCUT2D eigenvalue weighted by atomic mass is 32.2. The molecule has 7 heteroatoms. The van der Waals surface area contributed by atoms with Crippen LogP contribution in [0.2, 0.25) is 0 Å². The van der Waals surface area contributed by atoms with E-state index in [1.54, 1.807) is 25.1 Å². The topological polar surface area (TPSA) is 84.5 Å². The highest BCUT2D eigenvalue weighted by Gasteiger charge is 2.16. The van der Waals surface area contributed by atoms with Crippen molar-refractivity contribution in [3.05, 3.63) is 59.7 Å². The van der Waals surface area contributed by atoms with Crippen LogP contribution in [0.5, 0.6) is 0 Å². The van der Waals surface area contributed by atoms with Gasteiger partial charge in [0, 0.05) is 11.3 Å². The van der Waals surface area contributed by atoms with Crippen molar-refractivity contribution in [3.8, 4) is 0 Å². The quantitative estimate of drug-likeness (QED) is 0.795. The van der Waals surface area contributed by atoms with Crippen LogP contribution < -0.4 is 10.2 Å². The zero-order valence-corrected chi connectivity index (χ0v) is 13.7. The number of benzene rings is 2. The number of sulfonamides is 1. The molecule has 2 aromatic rings. The van der Waals surface area contributed by atoms with Crippen LogP contribution in [0, 0.1) is 6.92 Å². The van der Waals surface area contributed by atoms with E-state index in [1.807, 2.05) is 13.0 Å². The number of nitrogens with one attached hydrogen (secondary N) is 2. The second-order valence-electron chi connectivity index (χ2n) is 4.87. The lowest BCUT2D eigenvalue weighted by Gasteiger charge is -2.10. The van der Waals surface area contributed by atoms with Crippen LogP contribution in [0.1, 0.15) is 22.8 Å². The van der Waals surface area contributed by atoms with E-state index in [0.29, 0.717) is 12.3 Å². The lowest BCUT2D eigenvalue weighted by atomic mass is 10.2. The van der Waals surface area contributed by atoms with Crippen molar-refractivity contribution in [2.24, 2.45) is 0 Å². The van der Waals surface area contributed by atoms with Gasteiger partial charge in [-0.2, -0.15) is 0 Å². The lowest BCUT2D eigenvalue weighted by molar-refractivity contribution is 0.0364. The molecule has 1 amide bonds. The number of hydrogen-bond acceptors (Lipinski definition) is 4. The van der Waals surface area contributed by atoms with Gasteiger partial charge in [-0.25, -0.2) is 13.9 Å². The van der Waals surface area contributed by atoms with E-state index in [1.165, 1.54) is 24.3 Å². The number of carbonyl (C=O) groups excluding carboxylic acids is 1. The molecule has 2 N–H and O–H groups in total.